The van der Waals surface area contributed by atoms with Crippen LogP contribution in [0.4, 0.5) is 0 Å². The average Bonchev–Trinajstić information content (AvgIpc) is 2.38. The van der Waals surface area contributed by atoms with E-state index in [1.165, 1.54) is 0 Å². The van der Waals surface area contributed by atoms with Gasteiger partial charge in [0.15, 0.2) is 11.5 Å². The molecule has 0 aliphatic rings. The highest BCUT2D eigenvalue weighted by atomic mass is 16.5. The standard InChI is InChI=1S/C13H19NO4/c1-13(14-2,12(15)16)8-9-5-6-10(17-3)11(7-9)18-4/h5-7,14H,8H2,1-4H3,(H,15,16). The van der Waals surface area contributed by atoms with E-state index in [0.29, 0.717) is 17.9 Å². The van der Waals surface area contributed by atoms with Gasteiger partial charge in [0.05, 0.1) is 14.2 Å². The van der Waals surface area contributed by atoms with Crippen molar-refractivity contribution in [1.29, 1.82) is 0 Å². The Hall–Kier alpha value is -1.75. The Morgan fingerprint density at radius 2 is 1.94 bits per heavy atom. The van der Waals surface area contributed by atoms with Crippen LogP contribution in [0.1, 0.15) is 12.5 Å². The maximum absolute atomic E-state index is 11.2. The summed E-state index contributed by atoms with van der Waals surface area (Å²) in [6, 6.07) is 5.39. The van der Waals surface area contributed by atoms with Gasteiger partial charge in [0.1, 0.15) is 5.54 Å². The van der Waals surface area contributed by atoms with Crippen molar-refractivity contribution in [1.82, 2.24) is 5.32 Å². The first-order valence-electron chi connectivity index (χ1n) is 5.60. The summed E-state index contributed by atoms with van der Waals surface area (Å²) in [5.74, 6) is 0.335. The van der Waals surface area contributed by atoms with Crippen LogP contribution in [0.5, 0.6) is 11.5 Å². The van der Waals surface area contributed by atoms with Crippen LogP contribution < -0.4 is 14.8 Å². The van der Waals surface area contributed by atoms with Gasteiger partial charge in [-0.15, -0.1) is 0 Å². The Morgan fingerprint density at radius 1 is 1.33 bits per heavy atom. The molecule has 0 aromatic heterocycles. The molecule has 0 saturated heterocycles. The Bertz CT molecular complexity index is 433. The van der Waals surface area contributed by atoms with E-state index in [0.717, 1.165) is 5.56 Å². The van der Waals surface area contributed by atoms with Gasteiger partial charge >= 0.3 is 5.97 Å². The second kappa shape index (κ2) is 5.73. The van der Waals surface area contributed by atoms with Crippen LogP contribution in [0.3, 0.4) is 0 Å². The van der Waals surface area contributed by atoms with Gasteiger partial charge < -0.3 is 19.9 Å². The summed E-state index contributed by atoms with van der Waals surface area (Å²) >= 11 is 0. The number of carbonyl (C=O) groups is 1. The fraction of sp³-hybridized carbons (Fsp3) is 0.462. The van der Waals surface area contributed by atoms with Gasteiger partial charge in [-0.25, -0.2) is 0 Å². The molecule has 5 nitrogen and oxygen atoms in total. The Labute approximate surface area is 107 Å². The molecular weight excluding hydrogens is 234 g/mol. The minimum atomic E-state index is -1.00. The summed E-state index contributed by atoms with van der Waals surface area (Å²) in [5.41, 5.74) is -0.133. The van der Waals surface area contributed by atoms with Crippen LogP contribution in [0.15, 0.2) is 18.2 Å². The number of aliphatic carboxylic acids is 1. The first-order chi connectivity index (χ1) is 8.46. The van der Waals surface area contributed by atoms with E-state index in [9.17, 15) is 9.90 Å². The van der Waals surface area contributed by atoms with Crippen molar-refractivity contribution in [3.8, 4) is 11.5 Å². The number of rotatable bonds is 6. The molecule has 0 radical (unpaired) electrons. The first-order valence-corrected chi connectivity index (χ1v) is 5.60. The molecule has 0 heterocycles. The topological polar surface area (TPSA) is 67.8 Å². The molecule has 1 unspecified atom stereocenters. The SMILES string of the molecule is CNC(C)(Cc1ccc(OC)c(OC)c1)C(=O)O. The molecule has 1 rings (SSSR count). The lowest BCUT2D eigenvalue weighted by Crippen LogP contribution is -2.49. The van der Waals surface area contributed by atoms with Crippen molar-refractivity contribution in [2.45, 2.75) is 18.9 Å². The molecule has 0 aliphatic heterocycles. The molecule has 1 aromatic rings. The van der Waals surface area contributed by atoms with Crippen LogP contribution in [-0.2, 0) is 11.2 Å². The van der Waals surface area contributed by atoms with Crippen LogP contribution in [0, 0.1) is 0 Å². The third-order valence-electron chi connectivity index (χ3n) is 3.03. The largest absolute Gasteiger partial charge is 0.493 e. The molecule has 5 heteroatoms. The van der Waals surface area contributed by atoms with E-state index < -0.39 is 11.5 Å². The van der Waals surface area contributed by atoms with Crippen LogP contribution >= 0.6 is 0 Å². The lowest BCUT2D eigenvalue weighted by atomic mass is 9.93. The summed E-state index contributed by atoms with van der Waals surface area (Å²) in [6.45, 7) is 1.64. The van der Waals surface area contributed by atoms with Crippen LogP contribution in [0.2, 0.25) is 0 Å². The predicted molar refractivity (Wildman–Crippen MR) is 68.4 cm³/mol. The minimum Gasteiger partial charge on any atom is -0.493 e. The second-order valence-electron chi connectivity index (χ2n) is 4.25. The van der Waals surface area contributed by atoms with E-state index in [2.05, 4.69) is 5.32 Å². The molecule has 0 fully saturated rings. The van der Waals surface area contributed by atoms with E-state index >= 15 is 0 Å². The van der Waals surface area contributed by atoms with Gasteiger partial charge in [0.2, 0.25) is 0 Å². The molecule has 0 amide bonds. The van der Waals surface area contributed by atoms with E-state index in [-0.39, 0.29) is 0 Å². The van der Waals surface area contributed by atoms with Crippen LogP contribution in [0.25, 0.3) is 0 Å². The molecule has 0 aliphatic carbocycles. The zero-order valence-corrected chi connectivity index (χ0v) is 11.1. The molecule has 0 saturated carbocycles. The zero-order chi connectivity index (χ0) is 13.8. The number of carboxylic acid groups (broad SMARTS) is 1. The molecular formula is C13H19NO4. The highest BCUT2D eigenvalue weighted by Crippen LogP contribution is 2.29. The van der Waals surface area contributed by atoms with Gasteiger partial charge in [0, 0.05) is 6.42 Å². The van der Waals surface area contributed by atoms with Crippen molar-refractivity contribution in [3.63, 3.8) is 0 Å². The van der Waals surface area contributed by atoms with E-state index in [1.54, 1.807) is 40.3 Å². The summed E-state index contributed by atoms with van der Waals surface area (Å²) < 4.78 is 10.3. The number of benzene rings is 1. The van der Waals surface area contributed by atoms with E-state index in [4.69, 9.17) is 9.47 Å². The minimum absolute atomic E-state index is 0.360. The smallest absolute Gasteiger partial charge is 0.323 e. The highest BCUT2D eigenvalue weighted by Gasteiger charge is 2.31. The van der Waals surface area contributed by atoms with Gasteiger partial charge in [-0.2, -0.15) is 0 Å². The molecule has 18 heavy (non-hydrogen) atoms. The average molecular weight is 253 g/mol. The van der Waals surface area contributed by atoms with Crippen molar-refractivity contribution in [2.24, 2.45) is 0 Å². The lowest BCUT2D eigenvalue weighted by molar-refractivity contribution is -0.143. The van der Waals surface area contributed by atoms with E-state index in [1.807, 2.05) is 6.07 Å². The number of likely N-dealkylation sites (N-methyl/N-ethyl adjacent to an activating group) is 1. The number of hydrogen-bond donors (Lipinski definition) is 2. The number of nitrogens with one attached hydrogen (secondary N) is 1. The number of methoxy groups -OCH3 is 2. The normalized spacial score (nSPS) is 13.8. The van der Waals surface area contributed by atoms with Gasteiger partial charge in [-0.05, 0) is 31.7 Å². The van der Waals surface area contributed by atoms with Crippen molar-refractivity contribution in [3.05, 3.63) is 23.8 Å². The summed E-state index contributed by atoms with van der Waals surface area (Å²) in [5, 5.41) is 12.0. The zero-order valence-electron chi connectivity index (χ0n) is 11.1. The molecule has 1 aromatic carbocycles. The fourth-order valence-electron chi connectivity index (χ4n) is 1.67. The second-order valence-corrected chi connectivity index (χ2v) is 4.25. The monoisotopic (exact) mass is 253 g/mol. The summed E-state index contributed by atoms with van der Waals surface area (Å²) in [7, 11) is 4.75. The van der Waals surface area contributed by atoms with Gasteiger partial charge in [-0.3, -0.25) is 4.79 Å². The maximum Gasteiger partial charge on any atom is 0.323 e. The number of hydrogen-bond acceptors (Lipinski definition) is 4. The Balaban J connectivity index is 3.01. The fourth-order valence-corrected chi connectivity index (χ4v) is 1.67. The quantitative estimate of drug-likeness (QED) is 0.800. The molecule has 100 valence electrons. The molecule has 2 N–H and O–H groups in total. The Morgan fingerprint density at radius 3 is 2.39 bits per heavy atom. The number of ether oxygens (including phenoxy) is 2. The van der Waals surface area contributed by atoms with Crippen LogP contribution in [-0.4, -0.2) is 37.9 Å². The maximum atomic E-state index is 11.2. The van der Waals surface area contributed by atoms with Gasteiger partial charge in [0.25, 0.3) is 0 Å². The van der Waals surface area contributed by atoms with Crippen molar-refractivity contribution >= 4 is 5.97 Å². The Kier molecular flexibility index (Phi) is 4.55. The molecule has 1 atom stereocenters. The summed E-state index contributed by atoms with van der Waals surface area (Å²) in [6.07, 6.45) is 0.360. The third-order valence-corrected chi connectivity index (χ3v) is 3.03. The lowest BCUT2D eigenvalue weighted by Gasteiger charge is -2.24. The molecule has 0 spiro atoms. The predicted octanol–water partition coefficient (Wildman–Crippen LogP) is 1.31. The first kappa shape index (κ1) is 14.3. The van der Waals surface area contributed by atoms with Crippen molar-refractivity contribution < 1.29 is 19.4 Å². The number of carboxylic acids is 1. The third kappa shape index (κ3) is 2.92. The molecule has 0 bridgehead atoms. The van der Waals surface area contributed by atoms with Gasteiger partial charge in [-0.1, -0.05) is 6.07 Å². The highest BCUT2D eigenvalue weighted by molar-refractivity contribution is 5.78. The van der Waals surface area contributed by atoms with Crippen molar-refractivity contribution in [2.75, 3.05) is 21.3 Å². The summed E-state index contributed by atoms with van der Waals surface area (Å²) in [4.78, 5) is 11.2.